The fourth-order valence-electron chi connectivity index (χ4n) is 2.23. The number of halogens is 1. The number of hydrogen-bond acceptors (Lipinski definition) is 3. The SMILES string of the molecule is CCNCc1ccc(Br)c(S(=O)(=O)N(C)C2CCC2)c1. The van der Waals surface area contributed by atoms with Gasteiger partial charge in [0.2, 0.25) is 10.0 Å². The van der Waals surface area contributed by atoms with Crippen molar-refractivity contribution in [1.82, 2.24) is 9.62 Å². The lowest BCUT2D eigenvalue weighted by atomic mass is 9.94. The summed E-state index contributed by atoms with van der Waals surface area (Å²) >= 11 is 3.37. The van der Waals surface area contributed by atoms with Crippen molar-refractivity contribution in [3.63, 3.8) is 0 Å². The number of sulfonamides is 1. The number of hydrogen-bond donors (Lipinski definition) is 1. The van der Waals surface area contributed by atoms with Crippen molar-refractivity contribution in [2.75, 3.05) is 13.6 Å². The van der Waals surface area contributed by atoms with Gasteiger partial charge in [-0.3, -0.25) is 0 Å². The molecule has 2 rings (SSSR count). The van der Waals surface area contributed by atoms with E-state index in [9.17, 15) is 8.42 Å². The van der Waals surface area contributed by atoms with Crippen LogP contribution in [0.3, 0.4) is 0 Å². The molecule has 1 aromatic rings. The molecule has 0 radical (unpaired) electrons. The van der Waals surface area contributed by atoms with Gasteiger partial charge in [-0.15, -0.1) is 0 Å². The van der Waals surface area contributed by atoms with Crippen molar-refractivity contribution < 1.29 is 8.42 Å². The topological polar surface area (TPSA) is 49.4 Å². The van der Waals surface area contributed by atoms with Gasteiger partial charge in [0.05, 0.1) is 4.90 Å². The number of nitrogens with zero attached hydrogens (tertiary/aromatic N) is 1. The van der Waals surface area contributed by atoms with Crippen molar-refractivity contribution in [1.29, 1.82) is 0 Å². The first kappa shape index (κ1) is 15.9. The lowest BCUT2D eigenvalue weighted by Gasteiger charge is -2.34. The average molecular weight is 361 g/mol. The highest BCUT2D eigenvalue weighted by Gasteiger charge is 2.32. The number of benzene rings is 1. The zero-order chi connectivity index (χ0) is 14.8. The van der Waals surface area contributed by atoms with E-state index in [0.29, 0.717) is 15.9 Å². The first-order chi connectivity index (χ1) is 9.46. The molecule has 4 nitrogen and oxygen atoms in total. The molecule has 6 heteroatoms. The predicted molar refractivity (Wildman–Crippen MR) is 84.1 cm³/mol. The average Bonchev–Trinajstić information content (AvgIpc) is 2.35. The van der Waals surface area contributed by atoms with E-state index >= 15 is 0 Å². The van der Waals surface area contributed by atoms with Gasteiger partial charge in [-0.25, -0.2) is 8.42 Å². The molecule has 0 bridgehead atoms. The summed E-state index contributed by atoms with van der Waals surface area (Å²) in [7, 11) is -1.74. The normalized spacial score (nSPS) is 16.4. The van der Waals surface area contributed by atoms with Crippen LogP contribution in [0.2, 0.25) is 0 Å². The Balaban J connectivity index is 2.29. The van der Waals surface area contributed by atoms with Gasteiger partial charge < -0.3 is 5.32 Å². The molecule has 0 atom stereocenters. The fraction of sp³-hybridized carbons (Fsp3) is 0.571. The van der Waals surface area contributed by atoms with Gasteiger partial charge in [-0.1, -0.05) is 19.4 Å². The summed E-state index contributed by atoms with van der Waals surface area (Å²) in [6, 6.07) is 5.67. The molecule has 1 fully saturated rings. The van der Waals surface area contributed by atoms with Gasteiger partial charge in [0.15, 0.2) is 0 Å². The standard InChI is InChI=1S/C14H21BrN2O2S/c1-3-16-10-11-7-8-13(15)14(9-11)20(18,19)17(2)12-5-4-6-12/h7-9,12,16H,3-6,10H2,1-2H3. The largest absolute Gasteiger partial charge is 0.313 e. The molecule has 112 valence electrons. The third-order valence-corrected chi connectivity index (χ3v) is 6.72. The van der Waals surface area contributed by atoms with Crippen LogP contribution >= 0.6 is 15.9 Å². The summed E-state index contributed by atoms with van der Waals surface area (Å²) in [6.07, 6.45) is 3.04. The maximum atomic E-state index is 12.7. The Kier molecular flexibility index (Phi) is 5.23. The van der Waals surface area contributed by atoms with E-state index < -0.39 is 10.0 Å². The Hall–Kier alpha value is -0.430. The van der Waals surface area contributed by atoms with E-state index in [1.165, 1.54) is 4.31 Å². The van der Waals surface area contributed by atoms with Crippen LogP contribution in [0.5, 0.6) is 0 Å². The molecule has 1 aliphatic rings. The molecule has 0 aromatic heterocycles. The summed E-state index contributed by atoms with van der Waals surface area (Å²) in [5, 5.41) is 3.21. The van der Waals surface area contributed by atoms with E-state index in [0.717, 1.165) is 31.4 Å². The lowest BCUT2D eigenvalue weighted by Crippen LogP contribution is -2.41. The Morgan fingerprint density at radius 3 is 2.65 bits per heavy atom. The molecule has 0 amide bonds. The Morgan fingerprint density at radius 1 is 1.40 bits per heavy atom. The maximum Gasteiger partial charge on any atom is 0.244 e. The Bertz CT molecular complexity index is 571. The minimum atomic E-state index is -3.42. The summed E-state index contributed by atoms with van der Waals surface area (Å²) in [5.74, 6) is 0. The van der Waals surface area contributed by atoms with E-state index in [4.69, 9.17) is 0 Å². The highest BCUT2D eigenvalue weighted by atomic mass is 79.9. The molecule has 0 heterocycles. The minimum absolute atomic E-state index is 0.157. The van der Waals surface area contributed by atoms with Gasteiger partial charge in [0.1, 0.15) is 0 Å². The summed E-state index contributed by atoms with van der Waals surface area (Å²) in [5.41, 5.74) is 0.982. The third-order valence-electron chi connectivity index (χ3n) is 3.82. The highest BCUT2D eigenvalue weighted by Crippen LogP contribution is 2.31. The van der Waals surface area contributed by atoms with E-state index in [-0.39, 0.29) is 6.04 Å². The van der Waals surface area contributed by atoms with Crippen molar-refractivity contribution in [3.05, 3.63) is 28.2 Å². The minimum Gasteiger partial charge on any atom is -0.313 e. The second-order valence-corrected chi connectivity index (χ2v) is 7.97. The van der Waals surface area contributed by atoms with E-state index in [1.54, 1.807) is 13.1 Å². The first-order valence-electron chi connectivity index (χ1n) is 6.94. The smallest absolute Gasteiger partial charge is 0.244 e. The Morgan fingerprint density at radius 2 is 2.10 bits per heavy atom. The molecule has 1 N–H and O–H groups in total. The van der Waals surface area contributed by atoms with Crippen molar-refractivity contribution in [2.45, 2.75) is 43.7 Å². The third kappa shape index (κ3) is 3.24. The fourth-order valence-corrected chi connectivity index (χ4v) is 4.62. The van der Waals surface area contributed by atoms with Crippen LogP contribution in [0.4, 0.5) is 0 Å². The Labute approximate surface area is 129 Å². The zero-order valence-electron chi connectivity index (χ0n) is 11.9. The molecule has 1 saturated carbocycles. The number of nitrogens with one attached hydrogen (secondary N) is 1. The van der Waals surface area contributed by atoms with Crippen LogP contribution in [0, 0.1) is 0 Å². The molecule has 1 aliphatic carbocycles. The molecule has 0 spiro atoms. The van der Waals surface area contributed by atoms with Crippen molar-refractivity contribution in [2.24, 2.45) is 0 Å². The highest BCUT2D eigenvalue weighted by molar-refractivity contribution is 9.10. The van der Waals surface area contributed by atoms with Crippen LogP contribution in [-0.2, 0) is 16.6 Å². The van der Waals surface area contributed by atoms with Crippen LogP contribution in [0.1, 0.15) is 31.7 Å². The van der Waals surface area contributed by atoms with Crippen LogP contribution in [0.25, 0.3) is 0 Å². The lowest BCUT2D eigenvalue weighted by molar-refractivity contribution is 0.249. The van der Waals surface area contributed by atoms with Crippen LogP contribution in [-0.4, -0.2) is 32.4 Å². The van der Waals surface area contributed by atoms with Gasteiger partial charge >= 0.3 is 0 Å². The molecule has 0 unspecified atom stereocenters. The molecule has 1 aromatic carbocycles. The second-order valence-electron chi connectivity index (χ2n) is 5.15. The predicted octanol–water partition coefficient (Wildman–Crippen LogP) is 2.73. The monoisotopic (exact) mass is 360 g/mol. The summed E-state index contributed by atoms with van der Waals surface area (Å²) in [4.78, 5) is 0.363. The van der Waals surface area contributed by atoms with Crippen molar-refractivity contribution in [3.8, 4) is 0 Å². The van der Waals surface area contributed by atoms with Gasteiger partial charge in [0, 0.05) is 24.1 Å². The molecule has 20 heavy (non-hydrogen) atoms. The van der Waals surface area contributed by atoms with Crippen LogP contribution in [0.15, 0.2) is 27.6 Å². The molecule has 0 saturated heterocycles. The van der Waals surface area contributed by atoms with E-state index in [2.05, 4.69) is 21.2 Å². The molecule has 0 aliphatic heterocycles. The quantitative estimate of drug-likeness (QED) is 0.848. The number of rotatable bonds is 6. The maximum absolute atomic E-state index is 12.7. The second kappa shape index (κ2) is 6.56. The van der Waals surface area contributed by atoms with Gasteiger partial charge in [-0.2, -0.15) is 4.31 Å². The summed E-state index contributed by atoms with van der Waals surface area (Å²) in [6.45, 7) is 3.57. The molecular weight excluding hydrogens is 340 g/mol. The van der Waals surface area contributed by atoms with E-state index in [1.807, 2.05) is 19.1 Å². The molecular formula is C14H21BrN2O2S. The zero-order valence-corrected chi connectivity index (χ0v) is 14.3. The van der Waals surface area contributed by atoms with Crippen LogP contribution < -0.4 is 5.32 Å². The van der Waals surface area contributed by atoms with Crippen molar-refractivity contribution >= 4 is 26.0 Å². The van der Waals surface area contributed by atoms with Gasteiger partial charge in [0.25, 0.3) is 0 Å². The summed E-state index contributed by atoms with van der Waals surface area (Å²) < 4.78 is 27.5. The first-order valence-corrected chi connectivity index (χ1v) is 9.17. The van der Waals surface area contributed by atoms with Gasteiger partial charge in [-0.05, 0) is 53.0 Å².